The van der Waals surface area contributed by atoms with Crippen LogP contribution in [0.5, 0.6) is 0 Å². The van der Waals surface area contributed by atoms with Crippen molar-refractivity contribution >= 4 is 26.7 Å². The molecule has 13 heteroatoms. The maximum absolute atomic E-state index is 13.2. The highest BCUT2D eigenvalue weighted by Crippen LogP contribution is 2.37. The van der Waals surface area contributed by atoms with Gasteiger partial charge in [0, 0.05) is 19.3 Å². The molecule has 0 aliphatic carbocycles. The summed E-state index contributed by atoms with van der Waals surface area (Å²) in [6, 6.07) is -0.267. The lowest BCUT2D eigenvalue weighted by molar-refractivity contribution is -0.151. The van der Waals surface area contributed by atoms with E-state index in [1.165, 1.54) is 20.8 Å². The first-order chi connectivity index (χ1) is 14.2. The maximum atomic E-state index is 13.2. The monoisotopic (exact) mass is 474 g/mol. The summed E-state index contributed by atoms with van der Waals surface area (Å²) in [5.74, 6) is -3.03. The number of hydrogen-bond acceptors (Lipinski definition) is 6. The second-order valence-electron chi connectivity index (χ2n) is 6.26. The molecule has 0 saturated carbocycles. The molecule has 0 fully saturated rings. The lowest BCUT2D eigenvalue weighted by Crippen LogP contribution is -2.52. The third kappa shape index (κ3) is 7.88. The smallest absolute Gasteiger partial charge is 0.455 e. The summed E-state index contributed by atoms with van der Waals surface area (Å²) in [6.45, 7) is 4.03. The van der Waals surface area contributed by atoms with E-state index in [1.54, 1.807) is 0 Å². The van der Waals surface area contributed by atoms with Crippen LogP contribution in [0.1, 0.15) is 56.7 Å². The number of benzene rings is 1. The van der Waals surface area contributed by atoms with Crippen LogP contribution in [0, 0.1) is 0 Å². The predicted octanol–water partition coefficient (Wildman–Crippen LogP) is 4.60. The van der Waals surface area contributed by atoms with Gasteiger partial charge in [-0.3, -0.25) is 14.4 Å². The number of carbonyl (C=O) groups excluding carboxylic acids is 3. The van der Waals surface area contributed by atoms with Gasteiger partial charge < -0.3 is 13.3 Å². The highest BCUT2D eigenvalue weighted by Gasteiger charge is 2.53. The minimum atomic E-state index is -5.12. The van der Waals surface area contributed by atoms with Gasteiger partial charge in [-0.2, -0.15) is 26.3 Å². The molecule has 0 spiro atoms. The highest BCUT2D eigenvalue weighted by atomic mass is 28.4. The Hall–Kier alpha value is -2.57. The first-order valence-corrected chi connectivity index (χ1v) is 11.0. The van der Waals surface area contributed by atoms with Crippen molar-refractivity contribution in [1.29, 1.82) is 0 Å². The quantitative estimate of drug-likeness (QED) is 0.405. The molecular weight excluding hydrogens is 454 g/mol. The van der Waals surface area contributed by atoms with Crippen LogP contribution in [-0.4, -0.2) is 26.7 Å². The van der Waals surface area contributed by atoms with Crippen LogP contribution in [0.4, 0.5) is 26.3 Å². The number of halogens is 6. The SMILES string of the molecule is CCC(=O)O[Si](Cc1cc(C(F)(F)F)cc(C(F)(F)F)c1)(OC(=O)CC)OC(=O)CC. The molecule has 1 aromatic carbocycles. The van der Waals surface area contributed by atoms with Gasteiger partial charge in [0.2, 0.25) is 0 Å². The van der Waals surface area contributed by atoms with E-state index in [2.05, 4.69) is 0 Å². The van der Waals surface area contributed by atoms with Crippen LogP contribution in [0.25, 0.3) is 0 Å². The fourth-order valence-electron chi connectivity index (χ4n) is 2.28. The number of hydrogen-bond donors (Lipinski definition) is 0. The molecule has 0 bridgehead atoms. The number of carbonyl (C=O) groups is 3. The Labute approximate surface area is 174 Å². The van der Waals surface area contributed by atoms with E-state index in [1.807, 2.05) is 0 Å². The van der Waals surface area contributed by atoms with E-state index < -0.39 is 61.8 Å². The van der Waals surface area contributed by atoms with E-state index in [0.717, 1.165) is 0 Å². The molecule has 6 nitrogen and oxygen atoms in total. The first-order valence-electron chi connectivity index (χ1n) is 9.09. The zero-order valence-corrected chi connectivity index (χ0v) is 17.8. The van der Waals surface area contributed by atoms with Crippen molar-refractivity contribution in [2.45, 2.75) is 58.4 Å². The molecule has 0 N–H and O–H groups in total. The summed E-state index contributed by atoms with van der Waals surface area (Å²) < 4.78 is 94.0. The molecule has 0 aliphatic rings. The third-order valence-electron chi connectivity index (χ3n) is 3.74. The van der Waals surface area contributed by atoms with Crippen molar-refractivity contribution in [3.63, 3.8) is 0 Å². The molecule has 0 heterocycles. The zero-order valence-electron chi connectivity index (χ0n) is 16.8. The number of rotatable bonds is 8. The van der Waals surface area contributed by atoms with E-state index in [-0.39, 0.29) is 25.3 Å². The Morgan fingerprint density at radius 3 is 1.29 bits per heavy atom. The standard InChI is InChI=1S/C18H20F6O6Si/c1-4-14(25)28-31(29-15(26)5-2,30-16(27)6-3)10-11-7-12(17(19,20)21)9-13(8-11)18(22,23)24/h7-9H,4-6,10H2,1-3H3. The fraction of sp³-hybridized carbons (Fsp3) is 0.500. The lowest BCUT2D eigenvalue weighted by atomic mass is 10.1. The van der Waals surface area contributed by atoms with Crippen molar-refractivity contribution < 1.29 is 54.0 Å². The van der Waals surface area contributed by atoms with Gasteiger partial charge in [-0.1, -0.05) is 20.8 Å². The maximum Gasteiger partial charge on any atom is 0.709 e. The number of alkyl halides is 6. The summed E-state index contributed by atoms with van der Waals surface area (Å²) in [4.78, 5) is 35.6. The highest BCUT2D eigenvalue weighted by molar-refractivity contribution is 6.65. The molecule has 0 saturated heterocycles. The van der Waals surface area contributed by atoms with Gasteiger partial charge in [-0.25, -0.2) is 0 Å². The second kappa shape index (κ2) is 10.2. The first kappa shape index (κ1) is 26.5. The summed E-state index contributed by atoms with van der Waals surface area (Å²) >= 11 is 0. The molecule has 0 atom stereocenters. The van der Waals surface area contributed by atoms with E-state index >= 15 is 0 Å². The van der Waals surface area contributed by atoms with Gasteiger partial charge in [0.15, 0.2) is 0 Å². The average molecular weight is 474 g/mol. The lowest BCUT2D eigenvalue weighted by Gasteiger charge is -2.28. The normalized spacial score (nSPS) is 12.3. The van der Waals surface area contributed by atoms with Gasteiger partial charge in [0.25, 0.3) is 17.9 Å². The largest absolute Gasteiger partial charge is 0.709 e. The molecule has 1 rings (SSSR count). The van der Waals surface area contributed by atoms with Crippen LogP contribution >= 0.6 is 0 Å². The predicted molar refractivity (Wildman–Crippen MR) is 95.1 cm³/mol. The van der Waals surface area contributed by atoms with Crippen molar-refractivity contribution in [1.82, 2.24) is 0 Å². The van der Waals surface area contributed by atoms with Gasteiger partial charge in [-0.15, -0.1) is 0 Å². The van der Waals surface area contributed by atoms with E-state index in [4.69, 9.17) is 13.3 Å². The molecule has 0 amide bonds. The Morgan fingerprint density at radius 2 is 1.03 bits per heavy atom. The van der Waals surface area contributed by atoms with Crippen molar-refractivity contribution in [3.8, 4) is 0 Å². The topological polar surface area (TPSA) is 78.9 Å². The molecule has 31 heavy (non-hydrogen) atoms. The molecule has 0 aliphatic heterocycles. The van der Waals surface area contributed by atoms with Crippen LogP contribution < -0.4 is 0 Å². The Kier molecular flexibility index (Phi) is 8.67. The molecule has 1 aromatic rings. The summed E-state index contributed by atoms with van der Waals surface area (Å²) in [6.07, 6.45) is -11.1. The van der Waals surface area contributed by atoms with Gasteiger partial charge in [-0.05, 0) is 23.8 Å². The van der Waals surface area contributed by atoms with Crippen molar-refractivity contribution in [3.05, 3.63) is 34.9 Å². The summed E-state index contributed by atoms with van der Waals surface area (Å²) in [5, 5.41) is 0. The van der Waals surface area contributed by atoms with Gasteiger partial charge in [0.1, 0.15) is 0 Å². The summed E-state index contributed by atoms with van der Waals surface area (Å²) in [5.41, 5.74) is -3.87. The van der Waals surface area contributed by atoms with Crippen LogP contribution in [0.15, 0.2) is 18.2 Å². The van der Waals surface area contributed by atoms with Gasteiger partial charge >= 0.3 is 21.2 Å². The minimum absolute atomic E-state index is 0.0824. The summed E-state index contributed by atoms with van der Waals surface area (Å²) in [7, 11) is -4.74. The second-order valence-corrected chi connectivity index (χ2v) is 8.59. The molecular formula is C18H20F6O6Si. The van der Waals surface area contributed by atoms with E-state index in [0.29, 0.717) is 12.1 Å². The average Bonchev–Trinajstić information content (AvgIpc) is 2.65. The van der Waals surface area contributed by atoms with Crippen LogP contribution in [-0.2, 0) is 46.1 Å². The Morgan fingerprint density at radius 1 is 0.710 bits per heavy atom. The minimum Gasteiger partial charge on any atom is -0.455 e. The molecule has 0 aromatic heterocycles. The van der Waals surface area contributed by atoms with Crippen molar-refractivity contribution in [2.75, 3.05) is 0 Å². The van der Waals surface area contributed by atoms with Gasteiger partial charge in [0.05, 0.1) is 17.2 Å². The van der Waals surface area contributed by atoms with Crippen LogP contribution in [0.3, 0.4) is 0 Å². The molecule has 174 valence electrons. The molecule has 0 unspecified atom stereocenters. The Balaban J connectivity index is 3.63. The van der Waals surface area contributed by atoms with Crippen LogP contribution in [0.2, 0.25) is 0 Å². The zero-order chi connectivity index (χ0) is 24.0. The van der Waals surface area contributed by atoms with Crippen molar-refractivity contribution in [2.24, 2.45) is 0 Å². The molecule has 0 radical (unpaired) electrons. The van der Waals surface area contributed by atoms with E-state index in [9.17, 15) is 40.7 Å². The fourth-order valence-corrected chi connectivity index (χ4v) is 4.80. The Bertz CT molecular complexity index is 743. The third-order valence-corrected chi connectivity index (χ3v) is 6.20.